The van der Waals surface area contributed by atoms with E-state index in [1.165, 1.54) is 5.39 Å². The van der Waals surface area contributed by atoms with Gasteiger partial charge in [-0.3, -0.25) is 0 Å². The van der Waals surface area contributed by atoms with Gasteiger partial charge in [-0.15, -0.1) is 0 Å². The number of nitrogens with zero attached hydrogens (tertiary/aromatic N) is 3. The maximum absolute atomic E-state index is 6.75. The molecule has 0 bridgehead atoms. The quantitative estimate of drug-likeness (QED) is 0.205. The summed E-state index contributed by atoms with van der Waals surface area (Å²) >= 11 is 0. The van der Waals surface area contributed by atoms with E-state index in [0.29, 0.717) is 5.82 Å². The summed E-state index contributed by atoms with van der Waals surface area (Å²) in [5, 5.41) is 2.32. The molecule has 6 aromatic carbocycles. The van der Waals surface area contributed by atoms with Crippen molar-refractivity contribution in [2.75, 3.05) is 0 Å². The molecule has 0 aliphatic carbocycles. The average molecular weight is 590 g/mol. The van der Waals surface area contributed by atoms with Gasteiger partial charge in [-0.25, -0.2) is 9.97 Å². The van der Waals surface area contributed by atoms with Crippen LogP contribution in [0.3, 0.4) is 0 Å². The van der Waals surface area contributed by atoms with Gasteiger partial charge in [-0.05, 0) is 30.3 Å². The Morgan fingerprint density at radius 3 is 2.00 bits per heavy atom. The lowest BCUT2D eigenvalue weighted by Crippen LogP contribution is -1.99. The lowest BCUT2D eigenvalue weighted by molar-refractivity contribution is 0.485. The first-order chi connectivity index (χ1) is 22.8. The van der Waals surface area contributed by atoms with Crippen LogP contribution in [0.2, 0.25) is 0 Å². The predicted octanol–water partition coefficient (Wildman–Crippen LogP) is 10.9. The molecule has 0 amide bonds. The van der Waals surface area contributed by atoms with Crippen molar-refractivity contribution in [2.45, 2.75) is 0 Å². The Hall–Kier alpha value is -6.26. The van der Waals surface area contributed by atoms with Crippen LogP contribution in [0.25, 0.3) is 73.5 Å². The lowest BCUT2D eigenvalue weighted by Gasteiger charge is -2.15. The maximum Gasteiger partial charge on any atom is 0.160 e. The maximum atomic E-state index is 6.75. The molecule has 0 saturated heterocycles. The topological polar surface area (TPSA) is 39.9 Å². The Labute approximate surface area is 266 Å². The van der Waals surface area contributed by atoms with E-state index in [4.69, 9.17) is 14.7 Å². The summed E-state index contributed by atoms with van der Waals surface area (Å²) < 4.78 is 9.07. The lowest BCUT2D eigenvalue weighted by atomic mass is 10.1. The van der Waals surface area contributed by atoms with Gasteiger partial charge in [0.05, 0.1) is 22.4 Å². The first kappa shape index (κ1) is 26.2. The third-order valence-electron chi connectivity index (χ3n) is 8.62. The Balaban J connectivity index is 1.27. The first-order valence-corrected chi connectivity index (χ1v) is 15.4. The fraction of sp³-hybridized carbons (Fsp3) is 0. The Morgan fingerprint density at radius 2 is 1.15 bits per heavy atom. The molecular weight excluding hydrogens is 562 g/mol. The number of aromatic nitrogens is 3. The second kappa shape index (κ2) is 10.7. The molecule has 9 rings (SSSR count). The molecule has 4 nitrogen and oxygen atoms in total. The van der Waals surface area contributed by atoms with Crippen molar-refractivity contribution < 1.29 is 4.74 Å². The zero-order chi connectivity index (χ0) is 30.5. The molecule has 0 atom stereocenters. The van der Waals surface area contributed by atoms with Crippen LogP contribution in [-0.4, -0.2) is 14.5 Å². The van der Waals surface area contributed by atoms with E-state index in [-0.39, 0.29) is 0 Å². The van der Waals surface area contributed by atoms with Crippen molar-refractivity contribution in [1.82, 2.24) is 14.5 Å². The van der Waals surface area contributed by atoms with E-state index < -0.39 is 0 Å². The summed E-state index contributed by atoms with van der Waals surface area (Å²) in [6.07, 6.45) is 4.28. The van der Waals surface area contributed by atoms with Crippen molar-refractivity contribution >= 4 is 34.0 Å². The molecule has 0 spiro atoms. The van der Waals surface area contributed by atoms with Crippen molar-refractivity contribution in [2.24, 2.45) is 0 Å². The van der Waals surface area contributed by atoms with E-state index in [9.17, 15) is 0 Å². The Bertz CT molecular complexity index is 2380. The van der Waals surface area contributed by atoms with Crippen LogP contribution in [0, 0.1) is 0 Å². The second-order valence-electron chi connectivity index (χ2n) is 11.5. The van der Waals surface area contributed by atoms with Gasteiger partial charge in [0.25, 0.3) is 0 Å². The van der Waals surface area contributed by atoms with Gasteiger partial charge < -0.3 is 9.30 Å². The highest BCUT2D eigenvalue weighted by Gasteiger charge is 2.21. The summed E-state index contributed by atoms with van der Waals surface area (Å²) in [4.78, 5) is 10.1. The zero-order valence-electron chi connectivity index (χ0n) is 24.8. The standard InChI is InChI=1S/C42H27N3O/c1-3-12-28(13-4-1)36-27-37(44-42(43-36)31-15-5-2-6-16-31)32-17-11-18-33(26-32)45-38-20-9-8-19-34(38)35-25-24-30-23-22-29-14-7-10-21-39(29)46-41(30)40(35)45/h1-27H. The van der Waals surface area contributed by atoms with E-state index in [0.717, 1.165) is 72.8 Å². The molecule has 2 aromatic heterocycles. The summed E-state index contributed by atoms with van der Waals surface area (Å²) in [6, 6.07) is 52.3. The highest BCUT2D eigenvalue weighted by Crippen LogP contribution is 2.44. The molecule has 1 aliphatic rings. The first-order valence-electron chi connectivity index (χ1n) is 15.4. The number of fused-ring (bicyclic) bond motifs is 6. The van der Waals surface area contributed by atoms with Gasteiger partial charge in [0.1, 0.15) is 5.75 Å². The summed E-state index contributed by atoms with van der Waals surface area (Å²) in [5.41, 5.74) is 10.1. The van der Waals surface area contributed by atoms with Gasteiger partial charge >= 0.3 is 0 Å². The predicted molar refractivity (Wildman–Crippen MR) is 188 cm³/mol. The van der Waals surface area contributed by atoms with Crippen molar-refractivity contribution in [1.29, 1.82) is 0 Å². The van der Waals surface area contributed by atoms with Crippen LogP contribution in [0.5, 0.6) is 11.5 Å². The van der Waals surface area contributed by atoms with E-state index in [1.54, 1.807) is 0 Å². The van der Waals surface area contributed by atoms with Crippen LogP contribution >= 0.6 is 0 Å². The molecule has 0 saturated carbocycles. The summed E-state index contributed by atoms with van der Waals surface area (Å²) in [7, 11) is 0. The van der Waals surface area contributed by atoms with Crippen LogP contribution < -0.4 is 4.74 Å². The minimum Gasteiger partial charge on any atom is -0.454 e. The number of ether oxygens (including phenoxy) is 1. The minimum atomic E-state index is 0.698. The second-order valence-corrected chi connectivity index (χ2v) is 11.5. The molecule has 1 aliphatic heterocycles. The van der Waals surface area contributed by atoms with Gasteiger partial charge in [0.2, 0.25) is 0 Å². The molecule has 216 valence electrons. The van der Waals surface area contributed by atoms with Crippen molar-refractivity contribution in [3.05, 3.63) is 163 Å². The van der Waals surface area contributed by atoms with Crippen LogP contribution in [0.4, 0.5) is 0 Å². The van der Waals surface area contributed by atoms with Gasteiger partial charge in [-0.2, -0.15) is 0 Å². The largest absolute Gasteiger partial charge is 0.454 e. The smallest absolute Gasteiger partial charge is 0.160 e. The Morgan fingerprint density at radius 1 is 0.478 bits per heavy atom. The van der Waals surface area contributed by atoms with E-state index in [1.807, 2.05) is 54.6 Å². The molecule has 3 heterocycles. The molecule has 46 heavy (non-hydrogen) atoms. The summed E-state index contributed by atoms with van der Waals surface area (Å²) in [6.45, 7) is 0. The van der Waals surface area contributed by atoms with Gasteiger partial charge in [0, 0.05) is 44.3 Å². The molecule has 0 N–H and O–H groups in total. The monoisotopic (exact) mass is 589 g/mol. The molecule has 0 radical (unpaired) electrons. The number of hydrogen-bond donors (Lipinski definition) is 0. The normalized spacial score (nSPS) is 12.0. The van der Waals surface area contributed by atoms with Crippen molar-refractivity contribution in [3.8, 4) is 51.1 Å². The third-order valence-corrected chi connectivity index (χ3v) is 8.62. The molecule has 8 aromatic rings. The number of para-hydroxylation sites is 2. The molecule has 4 heteroatoms. The fourth-order valence-corrected chi connectivity index (χ4v) is 6.42. The third kappa shape index (κ3) is 4.39. The van der Waals surface area contributed by atoms with Gasteiger partial charge in [0.15, 0.2) is 11.6 Å². The summed E-state index contributed by atoms with van der Waals surface area (Å²) in [5.74, 6) is 2.39. The number of hydrogen-bond acceptors (Lipinski definition) is 3. The van der Waals surface area contributed by atoms with E-state index in [2.05, 4.69) is 114 Å². The van der Waals surface area contributed by atoms with Crippen LogP contribution in [0.15, 0.2) is 152 Å². The average Bonchev–Trinajstić information content (AvgIpc) is 3.34. The Kier molecular flexibility index (Phi) is 6.10. The van der Waals surface area contributed by atoms with Crippen LogP contribution in [0.1, 0.15) is 11.1 Å². The SMILES string of the molecule is C1=Cc2ccc3c4ccccc4n(-c4cccc(-c5cc(-c6ccccc6)nc(-c6ccccc6)n5)c4)c3c2Oc2ccccc21. The van der Waals surface area contributed by atoms with Gasteiger partial charge in [-0.1, -0.05) is 133 Å². The number of rotatable bonds is 4. The molecular formula is C42H27N3O. The molecule has 0 fully saturated rings. The highest BCUT2D eigenvalue weighted by molar-refractivity contribution is 6.12. The van der Waals surface area contributed by atoms with E-state index >= 15 is 0 Å². The molecule has 0 unspecified atom stereocenters. The van der Waals surface area contributed by atoms with Crippen LogP contribution in [-0.2, 0) is 0 Å². The van der Waals surface area contributed by atoms with Crippen molar-refractivity contribution in [3.63, 3.8) is 0 Å². The number of benzene rings is 6. The minimum absolute atomic E-state index is 0.698. The highest BCUT2D eigenvalue weighted by atomic mass is 16.5. The fourth-order valence-electron chi connectivity index (χ4n) is 6.42. The zero-order valence-corrected chi connectivity index (χ0v) is 24.8.